The first kappa shape index (κ1) is 10.1. The fraction of sp³-hybridized carbons (Fsp3) is 0.111. The third-order valence-electron chi connectivity index (χ3n) is 2.20. The summed E-state index contributed by atoms with van der Waals surface area (Å²) in [5.41, 5.74) is 6.12. The summed E-state index contributed by atoms with van der Waals surface area (Å²) < 4.78 is 1.68. The van der Waals surface area contributed by atoms with Gasteiger partial charge in [0, 0.05) is 18.7 Å². The highest BCUT2D eigenvalue weighted by Crippen LogP contribution is 2.27. The lowest BCUT2D eigenvalue weighted by atomic mass is 10.1. The molecule has 7 nitrogen and oxygen atoms in total. The number of hydrogen-bond donors (Lipinski definition) is 1. The summed E-state index contributed by atoms with van der Waals surface area (Å²) in [6, 6.07) is 4.55. The molecule has 1 aromatic heterocycles. The molecule has 82 valence electrons. The van der Waals surface area contributed by atoms with Crippen LogP contribution in [0.3, 0.4) is 0 Å². The molecule has 2 rings (SSSR count). The second-order valence-corrected chi connectivity index (χ2v) is 3.30. The van der Waals surface area contributed by atoms with Crippen LogP contribution in [0.5, 0.6) is 0 Å². The van der Waals surface area contributed by atoms with Gasteiger partial charge in [-0.2, -0.15) is 0 Å². The van der Waals surface area contributed by atoms with Gasteiger partial charge in [0.25, 0.3) is 5.69 Å². The predicted octanol–water partition coefficient (Wildman–Crippen LogP) is 0.972. The Labute approximate surface area is 90.7 Å². The number of benzene rings is 1. The Morgan fingerprint density at radius 3 is 2.81 bits per heavy atom. The van der Waals surface area contributed by atoms with Crippen LogP contribution in [-0.2, 0) is 7.05 Å². The van der Waals surface area contributed by atoms with E-state index in [9.17, 15) is 10.1 Å². The van der Waals surface area contributed by atoms with Gasteiger partial charge >= 0.3 is 0 Å². The molecule has 1 aromatic carbocycles. The second kappa shape index (κ2) is 3.61. The molecule has 0 aliphatic rings. The maximum absolute atomic E-state index is 10.7. The molecule has 0 aliphatic heterocycles. The Morgan fingerprint density at radius 1 is 1.50 bits per heavy atom. The Balaban J connectivity index is 2.56. The van der Waals surface area contributed by atoms with E-state index in [-0.39, 0.29) is 11.4 Å². The van der Waals surface area contributed by atoms with E-state index in [4.69, 9.17) is 5.73 Å². The van der Waals surface area contributed by atoms with Crippen LogP contribution >= 0.6 is 0 Å². The molecule has 0 radical (unpaired) electrons. The van der Waals surface area contributed by atoms with Gasteiger partial charge < -0.3 is 10.3 Å². The van der Waals surface area contributed by atoms with Crippen molar-refractivity contribution in [1.29, 1.82) is 0 Å². The van der Waals surface area contributed by atoms with Crippen LogP contribution in [0.1, 0.15) is 0 Å². The van der Waals surface area contributed by atoms with Crippen molar-refractivity contribution in [2.45, 2.75) is 0 Å². The van der Waals surface area contributed by atoms with Crippen molar-refractivity contribution in [1.82, 2.24) is 14.8 Å². The molecule has 0 saturated carbocycles. The topological polar surface area (TPSA) is 99.9 Å². The average molecular weight is 219 g/mol. The first-order valence-corrected chi connectivity index (χ1v) is 4.48. The lowest BCUT2D eigenvalue weighted by molar-refractivity contribution is -0.383. The zero-order valence-electron chi connectivity index (χ0n) is 8.49. The van der Waals surface area contributed by atoms with Gasteiger partial charge in [-0.1, -0.05) is 0 Å². The van der Waals surface area contributed by atoms with E-state index in [0.717, 1.165) is 0 Å². The van der Waals surface area contributed by atoms with Crippen LogP contribution in [-0.4, -0.2) is 19.7 Å². The fourth-order valence-corrected chi connectivity index (χ4v) is 1.39. The minimum atomic E-state index is -0.519. The quantitative estimate of drug-likeness (QED) is 0.461. The lowest BCUT2D eigenvalue weighted by Crippen LogP contribution is -1.97. The maximum atomic E-state index is 10.7. The van der Waals surface area contributed by atoms with Gasteiger partial charge in [0.05, 0.1) is 4.92 Å². The van der Waals surface area contributed by atoms with Gasteiger partial charge in [-0.3, -0.25) is 10.1 Å². The van der Waals surface area contributed by atoms with Crippen LogP contribution in [0.15, 0.2) is 24.5 Å². The molecule has 0 bridgehead atoms. The minimum absolute atomic E-state index is 0.125. The van der Waals surface area contributed by atoms with Crippen molar-refractivity contribution in [3.8, 4) is 11.4 Å². The Bertz CT molecular complexity index is 549. The maximum Gasteiger partial charge on any atom is 0.292 e. The molecule has 0 aliphatic carbocycles. The summed E-state index contributed by atoms with van der Waals surface area (Å²) in [4.78, 5) is 10.2. The molecule has 16 heavy (non-hydrogen) atoms. The number of nitro groups is 1. The molecule has 7 heteroatoms. The molecular formula is C9H9N5O2. The zero-order valence-corrected chi connectivity index (χ0v) is 8.49. The molecule has 0 amide bonds. The van der Waals surface area contributed by atoms with Gasteiger partial charge in [-0.05, 0) is 12.1 Å². The third kappa shape index (κ3) is 1.58. The minimum Gasteiger partial charge on any atom is -0.393 e. The molecule has 0 fully saturated rings. The van der Waals surface area contributed by atoms with E-state index in [1.54, 1.807) is 17.7 Å². The van der Waals surface area contributed by atoms with Crippen molar-refractivity contribution >= 4 is 11.4 Å². The molecule has 0 spiro atoms. The van der Waals surface area contributed by atoms with E-state index >= 15 is 0 Å². The Morgan fingerprint density at radius 2 is 2.25 bits per heavy atom. The molecule has 2 aromatic rings. The highest BCUT2D eigenvalue weighted by Gasteiger charge is 2.14. The second-order valence-electron chi connectivity index (χ2n) is 3.30. The van der Waals surface area contributed by atoms with E-state index in [2.05, 4.69) is 10.2 Å². The molecule has 0 saturated heterocycles. The average Bonchev–Trinajstić information content (AvgIpc) is 2.65. The molecule has 1 heterocycles. The van der Waals surface area contributed by atoms with Gasteiger partial charge in [-0.25, -0.2) is 0 Å². The number of anilines is 1. The summed E-state index contributed by atoms with van der Waals surface area (Å²) in [5.74, 6) is 0.558. The van der Waals surface area contributed by atoms with Crippen LogP contribution < -0.4 is 5.73 Å². The van der Waals surface area contributed by atoms with Crippen molar-refractivity contribution in [3.63, 3.8) is 0 Å². The van der Waals surface area contributed by atoms with Crippen LogP contribution in [0.25, 0.3) is 11.4 Å². The number of rotatable bonds is 2. The van der Waals surface area contributed by atoms with Gasteiger partial charge in [0.15, 0.2) is 5.82 Å². The fourth-order valence-electron chi connectivity index (χ4n) is 1.39. The molecule has 2 N–H and O–H groups in total. The summed E-state index contributed by atoms with van der Waals surface area (Å²) >= 11 is 0. The number of aryl methyl sites for hydroxylation is 1. The van der Waals surface area contributed by atoms with Crippen molar-refractivity contribution < 1.29 is 4.92 Å². The third-order valence-corrected chi connectivity index (χ3v) is 2.20. The van der Waals surface area contributed by atoms with Crippen LogP contribution in [0, 0.1) is 10.1 Å². The summed E-state index contributed by atoms with van der Waals surface area (Å²) in [6.45, 7) is 0. The zero-order chi connectivity index (χ0) is 11.7. The number of nitrogens with two attached hydrogens (primary N) is 1. The molecular weight excluding hydrogens is 210 g/mol. The first-order chi connectivity index (χ1) is 7.59. The molecule has 0 atom stereocenters. The lowest BCUT2D eigenvalue weighted by Gasteiger charge is -2.02. The highest BCUT2D eigenvalue weighted by molar-refractivity contribution is 5.68. The number of nitro benzene ring substituents is 1. The Kier molecular flexibility index (Phi) is 2.28. The van der Waals surface area contributed by atoms with E-state index in [1.165, 1.54) is 18.5 Å². The van der Waals surface area contributed by atoms with E-state index < -0.39 is 4.92 Å². The van der Waals surface area contributed by atoms with Crippen molar-refractivity contribution in [2.75, 3.05) is 5.73 Å². The summed E-state index contributed by atoms with van der Waals surface area (Å²) in [6.07, 6.45) is 1.53. The number of nitrogen functional groups attached to an aromatic ring is 1. The number of hydrogen-bond acceptors (Lipinski definition) is 5. The Hall–Kier alpha value is -2.44. The van der Waals surface area contributed by atoms with Crippen molar-refractivity contribution in [3.05, 3.63) is 34.6 Å². The van der Waals surface area contributed by atoms with Gasteiger partial charge in [0.2, 0.25) is 0 Å². The largest absolute Gasteiger partial charge is 0.393 e. The first-order valence-electron chi connectivity index (χ1n) is 4.48. The highest BCUT2D eigenvalue weighted by atomic mass is 16.6. The van der Waals surface area contributed by atoms with Gasteiger partial charge in [0.1, 0.15) is 12.0 Å². The SMILES string of the molecule is Cn1cnnc1-c1ccc(N)c([N+](=O)[O-])c1. The monoisotopic (exact) mass is 219 g/mol. The summed E-state index contributed by atoms with van der Waals surface area (Å²) in [7, 11) is 1.76. The number of nitrogens with zero attached hydrogens (tertiary/aromatic N) is 4. The van der Waals surface area contributed by atoms with Crippen LogP contribution in [0.2, 0.25) is 0 Å². The van der Waals surface area contributed by atoms with Crippen LogP contribution in [0.4, 0.5) is 11.4 Å². The van der Waals surface area contributed by atoms with Gasteiger partial charge in [-0.15, -0.1) is 10.2 Å². The number of aromatic nitrogens is 3. The molecule has 0 unspecified atom stereocenters. The summed E-state index contributed by atoms with van der Waals surface area (Å²) in [5, 5.41) is 18.3. The van der Waals surface area contributed by atoms with E-state index in [0.29, 0.717) is 11.4 Å². The van der Waals surface area contributed by atoms with E-state index in [1.807, 2.05) is 0 Å². The van der Waals surface area contributed by atoms with Crippen molar-refractivity contribution in [2.24, 2.45) is 7.05 Å². The smallest absolute Gasteiger partial charge is 0.292 e. The normalized spacial score (nSPS) is 10.3. The predicted molar refractivity (Wildman–Crippen MR) is 57.5 cm³/mol. The standard InChI is InChI=1S/C9H9N5O2/c1-13-5-11-12-9(13)6-2-3-7(10)8(4-6)14(15)16/h2-5H,10H2,1H3.